The predicted octanol–water partition coefficient (Wildman–Crippen LogP) is 5.10. The minimum atomic E-state index is -1.05. The fourth-order valence-corrected chi connectivity index (χ4v) is 5.88. The zero-order valence-electron chi connectivity index (χ0n) is 25.4. The zero-order chi connectivity index (χ0) is 31.3. The van der Waals surface area contributed by atoms with Gasteiger partial charge in [-0.1, -0.05) is 60.7 Å². The molecule has 3 atom stereocenters. The number of nitrogens with two attached hydrogens (primary N) is 1. The van der Waals surface area contributed by atoms with Gasteiger partial charge in [0.05, 0.1) is 18.7 Å². The molecule has 0 aromatic heterocycles. The molecule has 0 radical (unpaired) electrons. The molecular formula is C34H40N4O5. The molecule has 3 N–H and O–H groups in total. The fourth-order valence-electron chi connectivity index (χ4n) is 5.88. The van der Waals surface area contributed by atoms with E-state index in [0.29, 0.717) is 6.42 Å². The van der Waals surface area contributed by atoms with Crippen molar-refractivity contribution in [2.45, 2.75) is 64.1 Å². The molecule has 1 heterocycles. The standard InChI is InChI=1S/C34H40N4O5/c1-22-12-9-10-17-27(22)25-19-28(23-13-7-6-8-14-23)37(21-30(39)36-34(2,3)4)31(40)29(20-25)38(33(35)42)26-16-11-15-24(18-26)32(41)43-5/h6-18,25,28-29H,19-21H2,1-5H3,(H2,35,42)(H,36,39)/t25-,28?,29-/m1/s1. The number of rotatable bonds is 7. The Hall–Kier alpha value is -4.66. The lowest BCUT2D eigenvalue weighted by molar-refractivity contribution is -0.139. The van der Waals surface area contributed by atoms with Gasteiger partial charge in [-0.3, -0.25) is 14.5 Å². The zero-order valence-corrected chi connectivity index (χ0v) is 25.4. The molecule has 4 rings (SSSR count). The molecule has 0 spiro atoms. The predicted molar refractivity (Wildman–Crippen MR) is 166 cm³/mol. The topological polar surface area (TPSA) is 122 Å². The van der Waals surface area contributed by atoms with Gasteiger partial charge in [-0.05, 0) is 81.3 Å². The first-order chi connectivity index (χ1) is 20.4. The van der Waals surface area contributed by atoms with Crippen LogP contribution in [0.25, 0.3) is 0 Å². The van der Waals surface area contributed by atoms with Crippen LogP contribution in [0.2, 0.25) is 0 Å². The number of hydrogen-bond acceptors (Lipinski definition) is 5. The van der Waals surface area contributed by atoms with Crippen LogP contribution in [-0.2, 0) is 14.3 Å². The lowest BCUT2D eigenvalue weighted by atomic mass is 9.84. The van der Waals surface area contributed by atoms with E-state index in [-0.39, 0.29) is 36.0 Å². The second kappa shape index (κ2) is 13.1. The van der Waals surface area contributed by atoms with Crippen molar-refractivity contribution in [3.05, 3.63) is 101 Å². The molecule has 3 aromatic rings. The van der Waals surface area contributed by atoms with E-state index in [1.807, 2.05) is 82.3 Å². The number of nitrogens with zero attached hydrogens (tertiary/aromatic N) is 2. The van der Waals surface area contributed by atoms with Crippen molar-refractivity contribution in [1.82, 2.24) is 10.2 Å². The van der Waals surface area contributed by atoms with Crippen molar-refractivity contribution >= 4 is 29.5 Å². The fraction of sp³-hybridized carbons (Fsp3) is 0.353. The third-order valence-corrected chi connectivity index (χ3v) is 7.70. The molecule has 226 valence electrons. The van der Waals surface area contributed by atoms with Crippen LogP contribution in [-0.4, -0.2) is 54.0 Å². The summed E-state index contributed by atoms with van der Waals surface area (Å²) in [6.45, 7) is 7.45. The highest BCUT2D eigenvalue weighted by atomic mass is 16.5. The van der Waals surface area contributed by atoms with Crippen LogP contribution in [0.5, 0.6) is 0 Å². The van der Waals surface area contributed by atoms with E-state index in [0.717, 1.165) is 16.7 Å². The van der Waals surface area contributed by atoms with E-state index < -0.39 is 35.5 Å². The first-order valence-corrected chi connectivity index (χ1v) is 14.4. The number of carbonyl (C=O) groups excluding carboxylic acids is 4. The Morgan fingerprint density at radius 3 is 2.28 bits per heavy atom. The number of benzene rings is 3. The monoisotopic (exact) mass is 584 g/mol. The Bertz CT molecular complexity index is 1480. The lowest BCUT2D eigenvalue weighted by Gasteiger charge is -2.35. The molecule has 43 heavy (non-hydrogen) atoms. The molecule has 1 aliphatic rings. The molecule has 1 fully saturated rings. The van der Waals surface area contributed by atoms with E-state index in [1.54, 1.807) is 23.1 Å². The van der Waals surface area contributed by atoms with Crippen LogP contribution >= 0.6 is 0 Å². The molecular weight excluding hydrogens is 544 g/mol. The first kappa shape index (κ1) is 31.3. The second-order valence-corrected chi connectivity index (χ2v) is 12.0. The molecule has 1 saturated heterocycles. The molecule has 9 nitrogen and oxygen atoms in total. The number of likely N-dealkylation sites (tertiary alicyclic amines) is 1. The number of hydrogen-bond donors (Lipinski definition) is 2. The van der Waals surface area contributed by atoms with Crippen LogP contribution in [0.3, 0.4) is 0 Å². The van der Waals surface area contributed by atoms with Gasteiger partial charge in [0.15, 0.2) is 0 Å². The van der Waals surface area contributed by atoms with E-state index in [2.05, 4.69) is 5.32 Å². The summed E-state index contributed by atoms with van der Waals surface area (Å²) in [5.41, 5.74) is 8.97. The van der Waals surface area contributed by atoms with E-state index in [4.69, 9.17) is 10.5 Å². The van der Waals surface area contributed by atoms with Gasteiger partial charge < -0.3 is 20.7 Å². The Morgan fingerprint density at radius 2 is 1.65 bits per heavy atom. The van der Waals surface area contributed by atoms with Gasteiger partial charge in [0.1, 0.15) is 12.6 Å². The van der Waals surface area contributed by atoms with Crippen LogP contribution in [0.15, 0.2) is 78.9 Å². The summed E-state index contributed by atoms with van der Waals surface area (Å²) in [6, 6.07) is 21.6. The van der Waals surface area contributed by atoms with Crippen molar-refractivity contribution < 1.29 is 23.9 Å². The summed E-state index contributed by atoms with van der Waals surface area (Å²) in [7, 11) is 1.27. The van der Waals surface area contributed by atoms with Gasteiger partial charge in [-0.15, -0.1) is 0 Å². The van der Waals surface area contributed by atoms with Crippen LogP contribution in [0, 0.1) is 6.92 Å². The average molecular weight is 585 g/mol. The van der Waals surface area contributed by atoms with Crippen molar-refractivity contribution in [2.75, 3.05) is 18.6 Å². The third kappa shape index (κ3) is 7.41. The van der Waals surface area contributed by atoms with Gasteiger partial charge in [-0.25, -0.2) is 9.59 Å². The van der Waals surface area contributed by atoms with Crippen molar-refractivity contribution in [3.8, 4) is 0 Å². The van der Waals surface area contributed by atoms with Crippen molar-refractivity contribution in [2.24, 2.45) is 5.73 Å². The number of anilines is 1. The first-order valence-electron chi connectivity index (χ1n) is 14.4. The quantitative estimate of drug-likeness (QED) is 0.375. The Labute approximate surface area is 253 Å². The van der Waals surface area contributed by atoms with Gasteiger partial charge >= 0.3 is 12.0 Å². The Balaban J connectivity index is 1.89. The largest absolute Gasteiger partial charge is 0.465 e. The van der Waals surface area contributed by atoms with E-state index in [1.165, 1.54) is 18.1 Å². The van der Waals surface area contributed by atoms with Crippen LogP contribution in [0.4, 0.5) is 10.5 Å². The molecule has 9 heteroatoms. The van der Waals surface area contributed by atoms with E-state index in [9.17, 15) is 19.2 Å². The molecule has 4 amide bonds. The number of methoxy groups -OCH3 is 1. The minimum Gasteiger partial charge on any atom is -0.465 e. The minimum absolute atomic E-state index is 0.165. The summed E-state index contributed by atoms with van der Waals surface area (Å²) >= 11 is 0. The summed E-state index contributed by atoms with van der Waals surface area (Å²) < 4.78 is 4.88. The number of aryl methyl sites for hydroxylation is 1. The number of primary amides is 1. The van der Waals surface area contributed by atoms with Gasteiger partial charge in [0.2, 0.25) is 11.8 Å². The summed E-state index contributed by atoms with van der Waals surface area (Å²) in [5.74, 6) is -1.47. The third-order valence-electron chi connectivity index (χ3n) is 7.70. The van der Waals surface area contributed by atoms with Gasteiger partial charge in [0.25, 0.3) is 0 Å². The Morgan fingerprint density at radius 1 is 0.977 bits per heavy atom. The molecule has 0 aliphatic carbocycles. The van der Waals surface area contributed by atoms with Crippen LogP contribution in [0.1, 0.15) is 72.6 Å². The highest BCUT2D eigenvalue weighted by molar-refractivity contribution is 6.01. The maximum atomic E-state index is 14.7. The summed E-state index contributed by atoms with van der Waals surface area (Å²) in [6.07, 6.45) is 0.782. The molecule has 0 bridgehead atoms. The summed E-state index contributed by atoms with van der Waals surface area (Å²) in [5, 5.41) is 2.97. The second-order valence-electron chi connectivity index (χ2n) is 12.0. The average Bonchev–Trinajstić information content (AvgIpc) is 3.09. The summed E-state index contributed by atoms with van der Waals surface area (Å²) in [4.78, 5) is 56.3. The molecule has 3 aromatic carbocycles. The molecule has 1 unspecified atom stereocenters. The highest BCUT2D eigenvalue weighted by Gasteiger charge is 2.43. The number of nitrogens with one attached hydrogen (secondary N) is 1. The SMILES string of the molecule is COC(=O)c1cccc(N(C(N)=O)[C@@H]2C[C@H](c3ccccc3C)CC(c3ccccc3)N(CC(=O)NC(C)(C)C)C2=O)c1. The van der Waals surface area contributed by atoms with Gasteiger partial charge in [0, 0.05) is 11.2 Å². The van der Waals surface area contributed by atoms with E-state index >= 15 is 0 Å². The number of amides is 4. The van der Waals surface area contributed by atoms with Gasteiger partial charge in [-0.2, -0.15) is 0 Å². The number of esters is 1. The highest BCUT2D eigenvalue weighted by Crippen LogP contribution is 2.42. The normalized spacial score (nSPS) is 18.9. The maximum absolute atomic E-state index is 14.7. The maximum Gasteiger partial charge on any atom is 0.337 e. The molecule has 0 saturated carbocycles. The number of carbonyl (C=O) groups is 4. The lowest BCUT2D eigenvalue weighted by Crippen LogP contribution is -2.55. The van der Waals surface area contributed by atoms with Crippen LogP contribution < -0.4 is 16.0 Å². The number of urea groups is 1. The van der Waals surface area contributed by atoms with Crippen molar-refractivity contribution in [3.63, 3.8) is 0 Å². The van der Waals surface area contributed by atoms with Crippen molar-refractivity contribution in [1.29, 1.82) is 0 Å². The number of ether oxygens (including phenoxy) is 1. The Kier molecular flexibility index (Phi) is 9.53. The smallest absolute Gasteiger partial charge is 0.337 e. The molecule has 1 aliphatic heterocycles.